The second-order valence-electron chi connectivity index (χ2n) is 3.07. The molecule has 1 N–H and O–H groups in total. The second-order valence-corrected chi connectivity index (χ2v) is 4.36. The Morgan fingerprint density at radius 2 is 2.25 bits per heavy atom. The average Bonchev–Trinajstić information content (AvgIpc) is 2.66. The van der Waals surface area contributed by atoms with Crippen LogP contribution in [0.2, 0.25) is 5.02 Å². The van der Waals surface area contributed by atoms with Gasteiger partial charge in [0.15, 0.2) is 5.69 Å². The Hall–Kier alpha value is -1.33. The van der Waals surface area contributed by atoms with Crippen LogP contribution in [0.1, 0.15) is 10.5 Å². The molecule has 0 atom stereocenters. The molecule has 4 nitrogen and oxygen atoms in total. The van der Waals surface area contributed by atoms with E-state index in [1.165, 1.54) is 12.5 Å². The van der Waals surface area contributed by atoms with E-state index in [2.05, 4.69) is 20.9 Å². The highest BCUT2D eigenvalue weighted by Crippen LogP contribution is 2.24. The Morgan fingerprint density at radius 3 is 2.81 bits per heavy atom. The summed E-state index contributed by atoms with van der Waals surface area (Å²) in [5.74, 6) is -1.05. The van der Waals surface area contributed by atoms with Crippen molar-refractivity contribution in [2.45, 2.75) is 0 Å². The molecule has 0 unspecified atom stereocenters. The van der Waals surface area contributed by atoms with Gasteiger partial charge in [-0.05, 0) is 34.1 Å². The summed E-state index contributed by atoms with van der Waals surface area (Å²) in [4.78, 5) is 14.4. The van der Waals surface area contributed by atoms with E-state index in [1.54, 1.807) is 22.8 Å². The van der Waals surface area contributed by atoms with Crippen LogP contribution in [0.4, 0.5) is 0 Å². The molecule has 0 saturated carbocycles. The monoisotopic (exact) mass is 300 g/mol. The van der Waals surface area contributed by atoms with E-state index in [0.717, 1.165) is 10.2 Å². The fourth-order valence-electron chi connectivity index (χ4n) is 1.26. The van der Waals surface area contributed by atoms with Crippen molar-refractivity contribution in [3.63, 3.8) is 0 Å². The van der Waals surface area contributed by atoms with Crippen LogP contribution >= 0.6 is 27.5 Å². The summed E-state index contributed by atoms with van der Waals surface area (Å²) in [6.45, 7) is 0. The molecule has 2 aromatic rings. The molecule has 0 aliphatic rings. The first-order valence-electron chi connectivity index (χ1n) is 4.30. The van der Waals surface area contributed by atoms with Crippen LogP contribution in [0.25, 0.3) is 5.69 Å². The van der Waals surface area contributed by atoms with E-state index in [9.17, 15) is 4.79 Å². The lowest BCUT2D eigenvalue weighted by atomic mass is 10.3. The van der Waals surface area contributed by atoms with E-state index in [0.29, 0.717) is 5.02 Å². The number of hydrogen-bond acceptors (Lipinski definition) is 2. The predicted molar refractivity (Wildman–Crippen MR) is 63.2 cm³/mol. The molecule has 82 valence electrons. The second kappa shape index (κ2) is 4.27. The number of carboxylic acid groups (broad SMARTS) is 1. The molecule has 1 aromatic heterocycles. The lowest BCUT2D eigenvalue weighted by Crippen LogP contribution is -1.96. The van der Waals surface area contributed by atoms with Crippen molar-refractivity contribution in [3.8, 4) is 5.69 Å². The van der Waals surface area contributed by atoms with E-state index in [4.69, 9.17) is 16.7 Å². The van der Waals surface area contributed by atoms with Crippen LogP contribution in [-0.4, -0.2) is 20.6 Å². The number of imidazole rings is 1. The number of benzene rings is 1. The van der Waals surface area contributed by atoms with Gasteiger partial charge >= 0.3 is 5.97 Å². The van der Waals surface area contributed by atoms with Crippen molar-refractivity contribution in [1.82, 2.24) is 9.55 Å². The molecule has 0 radical (unpaired) electrons. The van der Waals surface area contributed by atoms with Gasteiger partial charge in [0.25, 0.3) is 0 Å². The first-order chi connectivity index (χ1) is 7.58. The van der Waals surface area contributed by atoms with Crippen LogP contribution < -0.4 is 0 Å². The summed E-state index contributed by atoms with van der Waals surface area (Å²) in [5, 5.41) is 9.36. The van der Waals surface area contributed by atoms with E-state index >= 15 is 0 Å². The van der Waals surface area contributed by atoms with Crippen molar-refractivity contribution in [3.05, 3.63) is 45.9 Å². The fraction of sp³-hybridized carbons (Fsp3) is 0. The van der Waals surface area contributed by atoms with Crippen molar-refractivity contribution < 1.29 is 9.90 Å². The highest BCUT2D eigenvalue weighted by molar-refractivity contribution is 9.10. The van der Waals surface area contributed by atoms with Gasteiger partial charge in [-0.25, -0.2) is 9.78 Å². The number of carboxylic acids is 1. The molecule has 1 aromatic carbocycles. The Kier molecular flexibility index (Phi) is 2.98. The maximum Gasteiger partial charge on any atom is 0.356 e. The predicted octanol–water partition coefficient (Wildman–Crippen LogP) is 2.99. The number of aromatic carboxylic acids is 1. The van der Waals surface area contributed by atoms with Gasteiger partial charge in [-0.3, -0.25) is 0 Å². The minimum absolute atomic E-state index is 0.00171. The highest BCUT2D eigenvalue weighted by atomic mass is 79.9. The third-order valence-corrected chi connectivity index (χ3v) is 2.86. The molecule has 16 heavy (non-hydrogen) atoms. The topological polar surface area (TPSA) is 55.1 Å². The molecule has 0 saturated heterocycles. The van der Waals surface area contributed by atoms with Crippen LogP contribution in [0.3, 0.4) is 0 Å². The van der Waals surface area contributed by atoms with Gasteiger partial charge in [0.1, 0.15) is 6.33 Å². The first kappa shape index (κ1) is 11.2. The number of aromatic nitrogens is 2. The molecule has 6 heteroatoms. The zero-order valence-electron chi connectivity index (χ0n) is 7.89. The number of hydrogen-bond donors (Lipinski definition) is 1. The lowest BCUT2D eigenvalue weighted by Gasteiger charge is -2.04. The Morgan fingerprint density at radius 1 is 1.50 bits per heavy atom. The van der Waals surface area contributed by atoms with E-state index in [1.807, 2.05) is 0 Å². The van der Waals surface area contributed by atoms with Crippen molar-refractivity contribution >= 4 is 33.5 Å². The molecule has 0 amide bonds. The standard InChI is InChI=1S/C10H6BrClN2O2/c11-7-3-6(12)1-2-9(7)14-4-8(10(15)16)13-5-14/h1-5H,(H,15,16). The van der Waals surface area contributed by atoms with Gasteiger partial charge in [0, 0.05) is 15.7 Å². The summed E-state index contributed by atoms with van der Waals surface area (Å²) in [6.07, 6.45) is 2.88. The van der Waals surface area contributed by atoms with Crippen LogP contribution in [0.5, 0.6) is 0 Å². The quantitative estimate of drug-likeness (QED) is 0.927. The normalized spacial score (nSPS) is 10.4. The fourth-order valence-corrected chi connectivity index (χ4v) is 2.14. The summed E-state index contributed by atoms with van der Waals surface area (Å²) in [6, 6.07) is 5.24. The number of halogens is 2. The largest absolute Gasteiger partial charge is 0.476 e. The molecule has 0 fully saturated rings. The SMILES string of the molecule is O=C(O)c1cn(-c2ccc(Cl)cc2Br)cn1. The van der Waals surface area contributed by atoms with Crippen LogP contribution in [0, 0.1) is 0 Å². The van der Waals surface area contributed by atoms with Crippen LogP contribution in [-0.2, 0) is 0 Å². The molecular weight excluding hydrogens is 295 g/mol. The Bertz CT molecular complexity index is 554. The van der Waals surface area contributed by atoms with Gasteiger partial charge in [-0.1, -0.05) is 11.6 Å². The molecular formula is C10H6BrClN2O2. The summed E-state index contributed by atoms with van der Waals surface area (Å²) in [5.41, 5.74) is 0.784. The van der Waals surface area contributed by atoms with Gasteiger partial charge in [0.2, 0.25) is 0 Å². The van der Waals surface area contributed by atoms with Crippen molar-refractivity contribution in [2.75, 3.05) is 0 Å². The molecule has 0 bridgehead atoms. The van der Waals surface area contributed by atoms with E-state index in [-0.39, 0.29) is 5.69 Å². The molecule has 1 heterocycles. The van der Waals surface area contributed by atoms with Crippen LogP contribution in [0.15, 0.2) is 35.2 Å². The van der Waals surface area contributed by atoms with E-state index < -0.39 is 5.97 Å². The number of nitrogens with zero attached hydrogens (tertiary/aromatic N) is 2. The smallest absolute Gasteiger partial charge is 0.356 e. The molecule has 0 spiro atoms. The molecule has 2 rings (SSSR count). The lowest BCUT2D eigenvalue weighted by molar-refractivity contribution is 0.0691. The van der Waals surface area contributed by atoms with Crippen molar-refractivity contribution in [1.29, 1.82) is 0 Å². The first-order valence-corrected chi connectivity index (χ1v) is 5.48. The maximum atomic E-state index is 10.7. The minimum atomic E-state index is -1.05. The van der Waals surface area contributed by atoms with Gasteiger partial charge in [-0.2, -0.15) is 0 Å². The zero-order chi connectivity index (χ0) is 11.7. The summed E-state index contributed by atoms with van der Waals surface area (Å²) >= 11 is 9.16. The Balaban J connectivity index is 2.46. The Labute approximate surface area is 105 Å². The number of carbonyl (C=O) groups is 1. The summed E-state index contributed by atoms with van der Waals surface area (Å²) in [7, 11) is 0. The van der Waals surface area contributed by atoms with Gasteiger partial charge < -0.3 is 9.67 Å². The number of rotatable bonds is 2. The summed E-state index contributed by atoms with van der Waals surface area (Å²) < 4.78 is 2.39. The van der Waals surface area contributed by atoms with Gasteiger partial charge in [-0.15, -0.1) is 0 Å². The maximum absolute atomic E-state index is 10.7. The average molecular weight is 302 g/mol. The highest BCUT2D eigenvalue weighted by Gasteiger charge is 2.09. The molecule has 0 aliphatic carbocycles. The minimum Gasteiger partial charge on any atom is -0.476 e. The molecule has 0 aliphatic heterocycles. The van der Waals surface area contributed by atoms with Gasteiger partial charge in [0.05, 0.1) is 5.69 Å². The zero-order valence-corrected chi connectivity index (χ0v) is 10.2. The third kappa shape index (κ3) is 2.10. The van der Waals surface area contributed by atoms with Crippen molar-refractivity contribution in [2.24, 2.45) is 0 Å². The third-order valence-electron chi connectivity index (χ3n) is 1.99.